The first-order valence-electron chi connectivity index (χ1n) is 5.70. The van der Waals surface area contributed by atoms with E-state index in [1.807, 2.05) is 6.92 Å². The Hall–Kier alpha value is -2.11. The predicted octanol–water partition coefficient (Wildman–Crippen LogP) is 0.894. The zero-order valence-electron chi connectivity index (χ0n) is 10.2. The third-order valence-corrected chi connectivity index (χ3v) is 2.48. The molecule has 0 spiro atoms. The predicted molar refractivity (Wildman–Crippen MR) is 67.0 cm³/mol. The van der Waals surface area contributed by atoms with Gasteiger partial charge in [0.25, 0.3) is 5.91 Å². The Kier molecular flexibility index (Phi) is 5.10. The lowest BCUT2D eigenvalue weighted by Gasteiger charge is -2.11. The van der Waals surface area contributed by atoms with Crippen molar-refractivity contribution in [3.8, 4) is 0 Å². The molecule has 6 nitrogen and oxygen atoms in total. The van der Waals surface area contributed by atoms with Gasteiger partial charge in [0.05, 0.1) is 11.9 Å². The second-order valence-electron chi connectivity index (χ2n) is 4.22. The molecule has 1 aromatic rings. The number of nitrogen functional groups attached to an aromatic ring is 1. The lowest BCUT2D eigenvalue weighted by molar-refractivity contribution is -0.137. The van der Waals surface area contributed by atoms with E-state index in [0.29, 0.717) is 24.3 Å². The van der Waals surface area contributed by atoms with Crippen molar-refractivity contribution in [2.24, 2.45) is 5.92 Å². The number of rotatable bonds is 6. The highest BCUT2D eigenvalue weighted by Crippen LogP contribution is 2.05. The first-order chi connectivity index (χ1) is 8.49. The van der Waals surface area contributed by atoms with Gasteiger partial charge in [0.1, 0.15) is 5.69 Å². The number of amides is 1. The summed E-state index contributed by atoms with van der Waals surface area (Å²) in [6.07, 6.45) is 2.06. The quantitative estimate of drug-likeness (QED) is 0.696. The normalized spacial score (nSPS) is 11.8. The van der Waals surface area contributed by atoms with Crippen LogP contribution >= 0.6 is 0 Å². The highest BCUT2D eigenvalue weighted by molar-refractivity contribution is 5.92. The second kappa shape index (κ2) is 6.58. The van der Waals surface area contributed by atoms with Gasteiger partial charge in [-0.25, -0.2) is 4.98 Å². The molecule has 98 valence electrons. The van der Waals surface area contributed by atoms with Crippen molar-refractivity contribution in [3.63, 3.8) is 0 Å². The maximum absolute atomic E-state index is 11.7. The van der Waals surface area contributed by atoms with Crippen LogP contribution in [0.2, 0.25) is 0 Å². The molecule has 0 radical (unpaired) electrons. The molecule has 0 aromatic carbocycles. The van der Waals surface area contributed by atoms with Crippen molar-refractivity contribution in [1.29, 1.82) is 0 Å². The summed E-state index contributed by atoms with van der Waals surface area (Å²) in [5, 5.41) is 11.2. The van der Waals surface area contributed by atoms with Crippen LogP contribution < -0.4 is 11.1 Å². The van der Waals surface area contributed by atoms with Crippen LogP contribution in [0.1, 0.15) is 30.3 Å². The fourth-order valence-corrected chi connectivity index (χ4v) is 1.37. The number of nitrogens with one attached hydrogen (secondary N) is 1. The van der Waals surface area contributed by atoms with Crippen molar-refractivity contribution in [3.05, 3.63) is 24.0 Å². The van der Waals surface area contributed by atoms with Gasteiger partial charge in [-0.2, -0.15) is 0 Å². The summed E-state index contributed by atoms with van der Waals surface area (Å²) in [4.78, 5) is 26.0. The molecule has 0 bridgehead atoms. The highest BCUT2D eigenvalue weighted by Gasteiger charge is 2.10. The largest absolute Gasteiger partial charge is 0.481 e. The zero-order valence-corrected chi connectivity index (χ0v) is 10.2. The van der Waals surface area contributed by atoms with E-state index < -0.39 is 5.97 Å². The van der Waals surface area contributed by atoms with Gasteiger partial charge in [0, 0.05) is 13.0 Å². The lowest BCUT2D eigenvalue weighted by atomic mass is 10.1. The first-order valence-corrected chi connectivity index (χ1v) is 5.70. The molecule has 4 N–H and O–H groups in total. The van der Waals surface area contributed by atoms with Gasteiger partial charge in [0.15, 0.2) is 0 Å². The summed E-state index contributed by atoms with van der Waals surface area (Å²) in [6, 6.07) is 3.16. The smallest absolute Gasteiger partial charge is 0.303 e. The first kappa shape index (κ1) is 14.0. The van der Waals surface area contributed by atoms with Crippen molar-refractivity contribution < 1.29 is 14.7 Å². The number of aliphatic carboxylic acids is 1. The average molecular weight is 251 g/mol. The molecule has 1 aromatic heterocycles. The number of aromatic nitrogens is 1. The summed E-state index contributed by atoms with van der Waals surface area (Å²) < 4.78 is 0. The van der Waals surface area contributed by atoms with Crippen LogP contribution in [-0.2, 0) is 4.79 Å². The molecule has 18 heavy (non-hydrogen) atoms. The molecule has 0 fully saturated rings. The number of carboxylic acids is 1. The molecular weight excluding hydrogens is 234 g/mol. The van der Waals surface area contributed by atoms with E-state index >= 15 is 0 Å². The van der Waals surface area contributed by atoms with Crippen molar-refractivity contribution in [2.75, 3.05) is 12.3 Å². The van der Waals surface area contributed by atoms with E-state index in [-0.39, 0.29) is 18.2 Å². The molecule has 1 rings (SSSR count). The van der Waals surface area contributed by atoms with Gasteiger partial charge < -0.3 is 16.2 Å². The Bertz CT molecular complexity index is 417. The Labute approximate surface area is 105 Å². The number of nitrogens with zero attached hydrogens (tertiary/aromatic N) is 1. The molecule has 0 aliphatic rings. The van der Waals surface area contributed by atoms with Gasteiger partial charge in [-0.15, -0.1) is 0 Å². The van der Waals surface area contributed by atoms with Crippen molar-refractivity contribution >= 4 is 17.6 Å². The third-order valence-electron chi connectivity index (χ3n) is 2.48. The van der Waals surface area contributed by atoms with Gasteiger partial charge in [0.2, 0.25) is 0 Å². The van der Waals surface area contributed by atoms with E-state index in [2.05, 4.69) is 10.3 Å². The van der Waals surface area contributed by atoms with Gasteiger partial charge in [-0.05, 0) is 24.5 Å². The Morgan fingerprint density at radius 3 is 2.78 bits per heavy atom. The lowest BCUT2D eigenvalue weighted by Crippen LogP contribution is -2.29. The monoisotopic (exact) mass is 251 g/mol. The molecule has 0 aliphatic carbocycles. The van der Waals surface area contributed by atoms with Crippen LogP contribution in [0.5, 0.6) is 0 Å². The number of hydrogen-bond acceptors (Lipinski definition) is 4. The average Bonchev–Trinajstić information content (AvgIpc) is 2.34. The van der Waals surface area contributed by atoms with Crippen LogP contribution in [-0.4, -0.2) is 28.5 Å². The zero-order chi connectivity index (χ0) is 13.5. The molecule has 0 aliphatic heterocycles. The number of nitrogens with two attached hydrogens (primary N) is 1. The Morgan fingerprint density at radius 1 is 1.50 bits per heavy atom. The Morgan fingerprint density at radius 2 is 2.22 bits per heavy atom. The van der Waals surface area contributed by atoms with Crippen LogP contribution in [0.15, 0.2) is 18.3 Å². The van der Waals surface area contributed by atoms with Crippen LogP contribution in [0, 0.1) is 5.92 Å². The minimum absolute atomic E-state index is 0.108. The molecule has 1 unspecified atom stereocenters. The van der Waals surface area contributed by atoms with E-state index in [1.165, 1.54) is 6.20 Å². The standard InChI is InChI=1S/C12H17N3O3/c1-8(2-5-11(16)17)6-15-12(18)10-4-3-9(13)7-14-10/h3-4,7-8H,2,5-6,13H2,1H3,(H,15,18)(H,16,17). The number of carbonyl (C=O) groups excluding carboxylic acids is 1. The van der Waals surface area contributed by atoms with E-state index in [9.17, 15) is 9.59 Å². The fourth-order valence-electron chi connectivity index (χ4n) is 1.37. The maximum atomic E-state index is 11.7. The molecule has 1 atom stereocenters. The SMILES string of the molecule is CC(CCC(=O)O)CNC(=O)c1ccc(N)cn1. The summed E-state index contributed by atoms with van der Waals surface area (Å²) >= 11 is 0. The molecule has 6 heteroatoms. The van der Waals surface area contributed by atoms with Crippen LogP contribution in [0.4, 0.5) is 5.69 Å². The minimum atomic E-state index is -0.826. The number of carboxylic acid groups (broad SMARTS) is 1. The molecular formula is C12H17N3O3. The molecule has 1 amide bonds. The third kappa shape index (κ3) is 4.82. The van der Waals surface area contributed by atoms with Crippen molar-refractivity contribution in [2.45, 2.75) is 19.8 Å². The maximum Gasteiger partial charge on any atom is 0.303 e. The van der Waals surface area contributed by atoms with Gasteiger partial charge >= 0.3 is 5.97 Å². The fraction of sp³-hybridized carbons (Fsp3) is 0.417. The summed E-state index contributed by atoms with van der Waals surface area (Å²) in [6.45, 7) is 2.32. The number of pyridine rings is 1. The van der Waals surface area contributed by atoms with E-state index in [4.69, 9.17) is 10.8 Å². The molecule has 1 heterocycles. The number of hydrogen-bond donors (Lipinski definition) is 3. The highest BCUT2D eigenvalue weighted by atomic mass is 16.4. The van der Waals surface area contributed by atoms with Crippen LogP contribution in [0.25, 0.3) is 0 Å². The summed E-state index contributed by atoms with van der Waals surface area (Å²) in [7, 11) is 0. The Balaban J connectivity index is 2.36. The summed E-state index contributed by atoms with van der Waals surface area (Å²) in [5.74, 6) is -0.996. The van der Waals surface area contributed by atoms with E-state index in [0.717, 1.165) is 0 Å². The molecule has 0 saturated carbocycles. The topological polar surface area (TPSA) is 105 Å². The van der Waals surface area contributed by atoms with Crippen LogP contribution in [0.3, 0.4) is 0 Å². The van der Waals surface area contributed by atoms with E-state index in [1.54, 1.807) is 12.1 Å². The number of carbonyl (C=O) groups is 2. The minimum Gasteiger partial charge on any atom is -0.481 e. The second-order valence-corrected chi connectivity index (χ2v) is 4.22. The number of anilines is 1. The van der Waals surface area contributed by atoms with Crippen molar-refractivity contribution in [1.82, 2.24) is 10.3 Å². The molecule has 0 saturated heterocycles. The van der Waals surface area contributed by atoms with Gasteiger partial charge in [-0.3, -0.25) is 9.59 Å². The summed E-state index contributed by atoms with van der Waals surface area (Å²) in [5.41, 5.74) is 6.27. The van der Waals surface area contributed by atoms with Gasteiger partial charge in [-0.1, -0.05) is 6.92 Å².